The minimum atomic E-state index is -4.47. The van der Waals surface area contributed by atoms with Crippen LogP contribution in [-0.4, -0.2) is 39.6 Å². The molecule has 3 rings (SSSR count). The molecule has 0 aliphatic heterocycles. The van der Waals surface area contributed by atoms with Gasteiger partial charge in [-0.2, -0.15) is 23.4 Å². The van der Waals surface area contributed by atoms with Gasteiger partial charge < -0.3 is 9.84 Å². The average molecular weight is 460 g/mol. The predicted molar refractivity (Wildman–Crippen MR) is 113 cm³/mol. The molecule has 3 aromatic rings. The van der Waals surface area contributed by atoms with Crippen LogP contribution in [0.3, 0.4) is 0 Å². The number of nitrogens with zero attached hydrogens (tertiary/aromatic N) is 3. The number of aromatic nitrogens is 2. The molecule has 11 heteroatoms. The summed E-state index contributed by atoms with van der Waals surface area (Å²) in [5, 5.41) is 18.7. The normalized spacial score (nSPS) is 11.9. The van der Waals surface area contributed by atoms with E-state index >= 15 is 0 Å². The van der Waals surface area contributed by atoms with Crippen LogP contribution in [0.25, 0.3) is 11.3 Å². The van der Waals surface area contributed by atoms with E-state index in [-0.39, 0.29) is 34.0 Å². The summed E-state index contributed by atoms with van der Waals surface area (Å²) in [6, 6.07) is 9.99. The molecule has 0 spiro atoms. The smallest absolute Gasteiger partial charge is 0.416 e. The Bertz CT molecular complexity index is 1210. The molecule has 1 amide bonds. The average Bonchev–Trinajstić information content (AvgIpc) is 3.10. The lowest BCUT2D eigenvalue weighted by molar-refractivity contribution is -0.137. The number of hydrogen-bond donors (Lipinski definition) is 2. The van der Waals surface area contributed by atoms with Crippen molar-refractivity contribution in [1.29, 1.82) is 0 Å². The van der Waals surface area contributed by atoms with Crippen LogP contribution in [0.5, 0.6) is 5.75 Å². The van der Waals surface area contributed by atoms with Crippen molar-refractivity contribution in [2.75, 3.05) is 7.11 Å². The minimum Gasteiger partial charge on any atom is -0.504 e. The Morgan fingerprint density at radius 3 is 2.18 bits per heavy atom. The third-order valence-corrected chi connectivity index (χ3v) is 4.74. The maximum absolute atomic E-state index is 12.8. The van der Waals surface area contributed by atoms with Crippen LogP contribution in [-0.2, 0) is 18.0 Å². The number of methoxy groups -OCH3 is 1. The van der Waals surface area contributed by atoms with Crippen molar-refractivity contribution in [3.63, 3.8) is 0 Å². The summed E-state index contributed by atoms with van der Waals surface area (Å²) in [4.78, 5) is 23.8. The van der Waals surface area contributed by atoms with Crippen molar-refractivity contribution in [3.8, 4) is 17.0 Å². The van der Waals surface area contributed by atoms with Gasteiger partial charge in [-0.05, 0) is 43.3 Å². The Labute approximate surface area is 186 Å². The number of nitrogens with one attached hydrogen (secondary N) is 1. The SMILES string of the molecule is COC(=O)c1ccc(C(=O)NN=C(C)c2nn(C)c(-c3ccc(C(F)(F)F)cc3)c2O)cc1. The molecule has 0 fully saturated rings. The Hall–Kier alpha value is -4.15. The quantitative estimate of drug-likeness (QED) is 0.343. The number of aromatic hydroxyl groups is 1. The molecule has 0 saturated heterocycles. The number of esters is 1. The molecule has 0 radical (unpaired) electrons. The van der Waals surface area contributed by atoms with Crippen molar-refractivity contribution in [2.24, 2.45) is 12.1 Å². The van der Waals surface area contributed by atoms with Gasteiger partial charge in [0.1, 0.15) is 5.69 Å². The zero-order valence-electron chi connectivity index (χ0n) is 17.8. The van der Waals surface area contributed by atoms with Crippen LogP contribution in [0.4, 0.5) is 13.2 Å². The fourth-order valence-corrected chi connectivity index (χ4v) is 3.02. The van der Waals surface area contributed by atoms with Gasteiger partial charge in [0.25, 0.3) is 5.91 Å². The molecule has 8 nitrogen and oxygen atoms in total. The first-order valence-electron chi connectivity index (χ1n) is 9.50. The number of carbonyl (C=O) groups excluding carboxylic acids is 2. The highest BCUT2D eigenvalue weighted by Crippen LogP contribution is 2.35. The maximum atomic E-state index is 12.8. The molecule has 0 aliphatic carbocycles. The van der Waals surface area contributed by atoms with Gasteiger partial charge in [0.15, 0.2) is 11.4 Å². The third kappa shape index (κ3) is 5.03. The number of halogens is 3. The second-order valence-corrected chi connectivity index (χ2v) is 6.95. The van der Waals surface area contributed by atoms with Crippen molar-refractivity contribution in [1.82, 2.24) is 15.2 Å². The van der Waals surface area contributed by atoms with Crippen molar-refractivity contribution in [2.45, 2.75) is 13.1 Å². The van der Waals surface area contributed by atoms with E-state index < -0.39 is 23.6 Å². The fraction of sp³-hybridized carbons (Fsp3) is 0.182. The largest absolute Gasteiger partial charge is 0.504 e. The molecule has 2 N–H and O–H groups in total. The Morgan fingerprint density at radius 2 is 1.64 bits per heavy atom. The van der Waals surface area contributed by atoms with Crippen molar-refractivity contribution >= 4 is 17.6 Å². The van der Waals surface area contributed by atoms with E-state index in [4.69, 9.17) is 0 Å². The zero-order valence-corrected chi connectivity index (χ0v) is 17.8. The van der Waals surface area contributed by atoms with Crippen molar-refractivity contribution < 1.29 is 32.6 Å². The molecule has 172 valence electrons. The molecule has 33 heavy (non-hydrogen) atoms. The van der Waals surface area contributed by atoms with Gasteiger partial charge in [0.2, 0.25) is 0 Å². The number of carbonyl (C=O) groups is 2. The topological polar surface area (TPSA) is 106 Å². The first-order valence-corrected chi connectivity index (χ1v) is 9.50. The van der Waals surface area contributed by atoms with E-state index in [1.54, 1.807) is 0 Å². The van der Waals surface area contributed by atoms with Crippen LogP contribution in [0.2, 0.25) is 0 Å². The third-order valence-electron chi connectivity index (χ3n) is 4.74. The standard InChI is InChI=1S/C22H19F3N4O4/c1-12(26-27-20(31)14-4-6-15(7-5-14)21(32)33-3)17-19(30)18(29(2)28-17)13-8-10-16(11-9-13)22(23,24)25/h4-11,30H,1-3H3,(H,27,31). The molecular formula is C22H19F3N4O4. The molecule has 0 atom stereocenters. The Balaban J connectivity index is 1.80. The molecular weight excluding hydrogens is 441 g/mol. The summed E-state index contributed by atoms with van der Waals surface area (Å²) in [5.41, 5.74) is 2.76. The number of alkyl halides is 3. The minimum absolute atomic E-state index is 0.0498. The Morgan fingerprint density at radius 1 is 1.06 bits per heavy atom. The fourth-order valence-electron chi connectivity index (χ4n) is 3.02. The summed E-state index contributed by atoms with van der Waals surface area (Å²) in [6.45, 7) is 1.50. The molecule has 0 unspecified atom stereocenters. The molecule has 1 aromatic heterocycles. The lowest BCUT2D eigenvalue weighted by atomic mass is 10.1. The lowest BCUT2D eigenvalue weighted by Gasteiger charge is -2.08. The lowest BCUT2D eigenvalue weighted by Crippen LogP contribution is -2.19. The second-order valence-electron chi connectivity index (χ2n) is 6.95. The summed E-state index contributed by atoms with van der Waals surface area (Å²) < 4.78 is 44.3. The highest BCUT2D eigenvalue weighted by Gasteiger charge is 2.30. The first kappa shape index (κ1) is 23.5. The number of hydrogen-bond acceptors (Lipinski definition) is 6. The van der Waals surface area contributed by atoms with E-state index in [0.29, 0.717) is 5.56 Å². The van der Waals surface area contributed by atoms with E-state index in [2.05, 4.69) is 20.4 Å². The van der Waals surface area contributed by atoms with Gasteiger partial charge in [0.05, 0.1) is 23.9 Å². The molecule has 0 aliphatic rings. The van der Waals surface area contributed by atoms with Gasteiger partial charge in [-0.1, -0.05) is 12.1 Å². The zero-order chi connectivity index (χ0) is 24.3. The molecule has 0 bridgehead atoms. The van der Waals surface area contributed by atoms with E-state index in [9.17, 15) is 27.9 Å². The number of hydrazone groups is 1. The van der Waals surface area contributed by atoms with E-state index in [1.165, 1.54) is 62.2 Å². The van der Waals surface area contributed by atoms with Gasteiger partial charge in [-0.3, -0.25) is 9.48 Å². The van der Waals surface area contributed by atoms with E-state index in [0.717, 1.165) is 12.1 Å². The highest BCUT2D eigenvalue weighted by molar-refractivity contribution is 6.02. The summed E-state index contributed by atoms with van der Waals surface area (Å²) >= 11 is 0. The summed E-state index contributed by atoms with van der Waals surface area (Å²) in [5.74, 6) is -1.40. The molecule has 2 aromatic carbocycles. The van der Waals surface area contributed by atoms with Crippen LogP contribution in [0.15, 0.2) is 53.6 Å². The second kappa shape index (κ2) is 9.15. The predicted octanol–water partition coefficient (Wildman–Crippen LogP) is 3.75. The van der Waals surface area contributed by atoms with Gasteiger partial charge in [0, 0.05) is 18.2 Å². The van der Waals surface area contributed by atoms with Gasteiger partial charge >= 0.3 is 12.1 Å². The number of amides is 1. The van der Waals surface area contributed by atoms with E-state index in [1.807, 2.05) is 0 Å². The number of benzene rings is 2. The number of rotatable bonds is 5. The number of aryl methyl sites for hydroxylation is 1. The van der Waals surface area contributed by atoms with Crippen LogP contribution in [0, 0.1) is 0 Å². The number of ether oxygens (including phenoxy) is 1. The first-order chi connectivity index (χ1) is 15.5. The molecule has 0 saturated carbocycles. The van der Waals surface area contributed by atoms with Gasteiger partial charge in [-0.25, -0.2) is 10.2 Å². The van der Waals surface area contributed by atoms with Crippen LogP contribution < -0.4 is 5.43 Å². The van der Waals surface area contributed by atoms with Crippen LogP contribution in [0.1, 0.15) is 38.9 Å². The highest BCUT2D eigenvalue weighted by atomic mass is 19.4. The monoisotopic (exact) mass is 460 g/mol. The van der Waals surface area contributed by atoms with Crippen molar-refractivity contribution in [3.05, 3.63) is 70.9 Å². The van der Waals surface area contributed by atoms with Crippen LogP contribution >= 0.6 is 0 Å². The maximum Gasteiger partial charge on any atom is 0.416 e. The summed E-state index contributed by atoms with van der Waals surface area (Å²) in [7, 11) is 2.77. The summed E-state index contributed by atoms with van der Waals surface area (Å²) in [6.07, 6.45) is -4.47. The molecule has 1 heterocycles. The Kier molecular flexibility index (Phi) is 6.52. The van der Waals surface area contributed by atoms with Gasteiger partial charge in [-0.15, -0.1) is 0 Å².